The van der Waals surface area contributed by atoms with Gasteiger partial charge in [0, 0.05) is 23.1 Å². The summed E-state index contributed by atoms with van der Waals surface area (Å²) in [6.45, 7) is 1.52. The number of Topliss-reactive ketones (excluding diaryl/α,β-unsaturated/α-hetero) is 3. The number of benzene rings is 1. The van der Waals surface area contributed by atoms with Crippen LogP contribution in [0.3, 0.4) is 0 Å². The van der Waals surface area contributed by atoms with Crippen molar-refractivity contribution in [3.05, 3.63) is 40.4 Å². The van der Waals surface area contributed by atoms with Gasteiger partial charge in [-0.3, -0.25) is 29.0 Å². The quantitative estimate of drug-likeness (QED) is 0.121. The molecule has 11 nitrogen and oxygen atoms in total. The molecular weight excluding hydrogens is 513 g/mol. The maximum atomic E-state index is 15.3. The highest BCUT2D eigenvalue weighted by Gasteiger charge is 2.65. The molecule has 2 saturated carbocycles. The van der Waals surface area contributed by atoms with Gasteiger partial charge in [-0.2, -0.15) is 0 Å². The maximum Gasteiger partial charge on any atom is 0.238 e. The van der Waals surface area contributed by atoms with Crippen LogP contribution in [0.25, 0.3) is 5.76 Å². The van der Waals surface area contributed by atoms with E-state index >= 15 is 4.39 Å². The molecule has 3 fully saturated rings. The van der Waals surface area contributed by atoms with Gasteiger partial charge in [-0.25, -0.2) is 4.39 Å². The van der Waals surface area contributed by atoms with E-state index < -0.39 is 75.2 Å². The summed E-state index contributed by atoms with van der Waals surface area (Å²) in [5, 5.41) is 45.7. The molecule has 3 aliphatic carbocycles. The van der Waals surface area contributed by atoms with Crippen molar-refractivity contribution >= 4 is 34.7 Å². The molecule has 0 spiro atoms. The molecule has 0 aromatic heterocycles. The van der Waals surface area contributed by atoms with Crippen molar-refractivity contribution in [3.63, 3.8) is 0 Å². The number of aliphatic hydroxyl groups is 3. The molecule has 5 rings (SSSR count). The Kier molecular flexibility index (Phi) is 6.60. The summed E-state index contributed by atoms with van der Waals surface area (Å²) in [5.74, 6) is -8.12. The molecule has 39 heavy (non-hydrogen) atoms. The van der Waals surface area contributed by atoms with Gasteiger partial charge >= 0.3 is 0 Å². The van der Waals surface area contributed by atoms with Gasteiger partial charge in [0.25, 0.3) is 0 Å². The van der Waals surface area contributed by atoms with Gasteiger partial charge in [0.15, 0.2) is 17.1 Å². The molecule has 0 radical (unpaired) electrons. The molecule has 1 amide bonds. The van der Waals surface area contributed by atoms with Gasteiger partial charge in [-0.05, 0) is 58.8 Å². The first-order valence-electron chi connectivity index (χ1n) is 12.8. The number of nitrogens with zero attached hydrogens (tertiary/aromatic N) is 2. The van der Waals surface area contributed by atoms with E-state index in [-0.39, 0.29) is 42.5 Å². The van der Waals surface area contributed by atoms with Gasteiger partial charge in [0.05, 0.1) is 30.1 Å². The lowest BCUT2D eigenvalue weighted by molar-refractivity contribution is -0.165. The summed E-state index contributed by atoms with van der Waals surface area (Å²) in [6.07, 6.45) is 1.88. The largest absolute Gasteiger partial charge is 0.515 e. The van der Waals surface area contributed by atoms with E-state index in [0.29, 0.717) is 0 Å². The molecule has 4 aliphatic rings. The smallest absolute Gasteiger partial charge is 0.238 e. The van der Waals surface area contributed by atoms with Crippen molar-refractivity contribution in [1.82, 2.24) is 9.80 Å². The number of fused-ring (bicyclic) bond motifs is 3. The number of aliphatic hydroxyl groups excluding tert-OH is 2. The monoisotopic (exact) mass is 543 g/mol. The summed E-state index contributed by atoms with van der Waals surface area (Å²) < 4.78 is 15.3. The van der Waals surface area contributed by atoms with Crippen LogP contribution in [0.2, 0.25) is 0 Å². The van der Waals surface area contributed by atoms with Gasteiger partial charge in [0.1, 0.15) is 17.1 Å². The molecular formula is C27H30FN3O8. The second-order valence-corrected chi connectivity index (χ2v) is 10.9. The zero-order valence-electron chi connectivity index (χ0n) is 21.5. The summed E-state index contributed by atoms with van der Waals surface area (Å²) in [7, 11) is 3.04. The average molecular weight is 544 g/mol. The lowest BCUT2D eigenvalue weighted by Gasteiger charge is -2.50. The van der Waals surface area contributed by atoms with Crippen molar-refractivity contribution in [1.29, 1.82) is 0 Å². The molecule has 0 unspecified atom stereocenters. The predicted octanol–water partition coefficient (Wildman–Crippen LogP) is 0.851. The third-order valence-electron chi connectivity index (χ3n) is 8.40. The Morgan fingerprint density at radius 2 is 1.87 bits per heavy atom. The van der Waals surface area contributed by atoms with E-state index in [9.17, 15) is 39.6 Å². The summed E-state index contributed by atoms with van der Waals surface area (Å²) in [6, 6.07) is -0.198. The molecule has 5 N–H and O–H groups in total. The first-order valence-corrected chi connectivity index (χ1v) is 12.8. The molecule has 1 heterocycles. The second kappa shape index (κ2) is 9.54. The molecule has 4 atom stereocenters. The molecule has 1 aromatic carbocycles. The van der Waals surface area contributed by atoms with Gasteiger partial charge in [0.2, 0.25) is 17.5 Å². The number of phenols is 1. The highest BCUT2D eigenvalue weighted by molar-refractivity contribution is 6.35. The number of anilines is 1. The summed E-state index contributed by atoms with van der Waals surface area (Å²) in [5.41, 5.74) is -4.69. The minimum atomic E-state index is -2.77. The Bertz CT molecular complexity index is 1360. The number of carbonyl (C=O) groups is 4. The fraction of sp³-hybridized carbons (Fsp3) is 0.481. The van der Waals surface area contributed by atoms with Crippen LogP contribution in [0, 0.1) is 17.7 Å². The van der Waals surface area contributed by atoms with E-state index in [1.807, 2.05) is 4.90 Å². The number of hydrogen-bond donors (Lipinski definition) is 5. The lowest BCUT2D eigenvalue weighted by Crippen LogP contribution is -2.69. The van der Waals surface area contributed by atoms with Crippen molar-refractivity contribution in [2.24, 2.45) is 11.8 Å². The van der Waals surface area contributed by atoms with Crippen molar-refractivity contribution in [2.75, 3.05) is 39.0 Å². The number of aromatic hydroxyl groups is 1. The minimum Gasteiger partial charge on any atom is -0.515 e. The number of ketones is 3. The zero-order chi connectivity index (χ0) is 28.4. The van der Waals surface area contributed by atoms with E-state index in [1.165, 1.54) is 19.0 Å². The number of phenolic OH excluding ortho intramolecular Hbond substituents is 1. The number of rotatable bonds is 4. The third kappa shape index (κ3) is 3.97. The number of hydrogen-bond acceptors (Lipinski definition) is 10. The van der Waals surface area contributed by atoms with E-state index in [0.717, 1.165) is 32.0 Å². The first kappa shape index (κ1) is 27.0. The van der Waals surface area contributed by atoms with Crippen LogP contribution in [-0.2, 0) is 25.6 Å². The highest BCUT2D eigenvalue weighted by Crippen LogP contribution is 2.52. The average Bonchev–Trinajstić information content (AvgIpc) is 3.37. The lowest BCUT2D eigenvalue weighted by atomic mass is 9.56. The Morgan fingerprint density at radius 3 is 2.49 bits per heavy atom. The van der Waals surface area contributed by atoms with E-state index in [1.54, 1.807) is 0 Å². The van der Waals surface area contributed by atoms with E-state index in [2.05, 4.69) is 5.32 Å². The van der Waals surface area contributed by atoms with Gasteiger partial charge in [-0.1, -0.05) is 0 Å². The Balaban J connectivity index is 1.57. The van der Waals surface area contributed by atoms with Crippen LogP contribution in [0.1, 0.15) is 30.4 Å². The molecule has 12 heteroatoms. The zero-order valence-corrected chi connectivity index (χ0v) is 21.5. The van der Waals surface area contributed by atoms with Crippen molar-refractivity contribution < 1.29 is 44.0 Å². The maximum absolute atomic E-state index is 15.3. The highest BCUT2D eigenvalue weighted by atomic mass is 19.1. The number of carbonyl (C=O) groups excluding carboxylic acids is 4. The van der Waals surface area contributed by atoms with E-state index in [4.69, 9.17) is 0 Å². The molecule has 1 aliphatic heterocycles. The normalized spacial score (nSPS) is 30.0. The minimum absolute atomic E-state index is 0.0365. The van der Waals surface area contributed by atoms with Crippen LogP contribution in [-0.4, -0.2) is 98.9 Å². The number of likely N-dealkylation sites (tertiary alicyclic amines) is 1. The number of likely N-dealkylation sites (N-methyl/N-ethyl adjacent to an activating group) is 1. The van der Waals surface area contributed by atoms with Gasteiger partial charge in [-0.15, -0.1) is 0 Å². The van der Waals surface area contributed by atoms with Crippen molar-refractivity contribution in [3.8, 4) is 5.75 Å². The fourth-order valence-electron chi connectivity index (χ4n) is 6.59. The summed E-state index contributed by atoms with van der Waals surface area (Å²) >= 11 is 0. The standard InChI is InChI=1S/C27H30FN3O8/c1-30(2)21-15-8-12-7-13-16(28)9-17(29-18(33)10-31-5-3-4-6-31)23(35)20(13)24(36)19(12)26(38)27(15,39)25(37)14(11-32)22(21)34/h9,11-12,15,21,32,35-36,39H,3-8,10H2,1-2H3,(H,29,33)/t12-,15-,21-,27+/m0/s1. The number of halogens is 1. The molecule has 0 bridgehead atoms. The Hall–Kier alpha value is -3.61. The molecule has 1 saturated heterocycles. The SMILES string of the molecule is CN(C)[C@@H]1C(=O)C(=CO)C(=O)[C@@]2(O)C(=O)C3=C(O)c4c(O)c(NC(=O)CN5CCCC5)cc(F)c4C[C@H]3C[C@@H]12. The van der Waals surface area contributed by atoms with Crippen LogP contribution >= 0.6 is 0 Å². The number of amides is 1. The Morgan fingerprint density at radius 1 is 1.21 bits per heavy atom. The number of nitrogens with one attached hydrogen (secondary N) is 1. The summed E-state index contributed by atoms with van der Waals surface area (Å²) in [4.78, 5) is 55.7. The third-order valence-corrected chi connectivity index (χ3v) is 8.40. The van der Waals surface area contributed by atoms with Crippen molar-refractivity contribution in [2.45, 2.75) is 37.3 Å². The second-order valence-electron chi connectivity index (χ2n) is 10.9. The van der Waals surface area contributed by atoms with Crippen LogP contribution in [0.4, 0.5) is 10.1 Å². The topological polar surface area (TPSA) is 168 Å². The Labute approximate surface area is 223 Å². The molecule has 1 aromatic rings. The first-order chi connectivity index (χ1) is 18.4. The van der Waals surface area contributed by atoms with Crippen LogP contribution < -0.4 is 5.32 Å². The fourth-order valence-corrected chi connectivity index (χ4v) is 6.59. The molecule has 208 valence electrons. The van der Waals surface area contributed by atoms with Crippen LogP contribution in [0.15, 0.2) is 23.5 Å². The van der Waals surface area contributed by atoms with Crippen LogP contribution in [0.5, 0.6) is 5.75 Å². The predicted molar refractivity (Wildman–Crippen MR) is 135 cm³/mol. The van der Waals surface area contributed by atoms with Gasteiger partial charge < -0.3 is 25.7 Å².